The summed E-state index contributed by atoms with van der Waals surface area (Å²) < 4.78 is 78.3. The number of aromatic nitrogens is 1. The fraction of sp³-hybridized carbons (Fsp3) is 0.360. The topological polar surface area (TPSA) is 122 Å². The van der Waals surface area contributed by atoms with Crippen molar-refractivity contribution in [3.05, 3.63) is 71.1 Å². The quantitative estimate of drug-likeness (QED) is 0.334. The first-order chi connectivity index (χ1) is 17.7. The third-order valence-electron chi connectivity index (χ3n) is 5.31. The number of nitrogens with one attached hydrogen (secondary N) is 1. The molecule has 1 aromatic heterocycles. The van der Waals surface area contributed by atoms with Crippen LogP contribution in [-0.2, 0) is 34.3 Å². The molecule has 0 atom stereocenters. The van der Waals surface area contributed by atoms with Gasteiger partial charge in [-0.15, -0.1) is 0 Å². The number of benzene rings is 2. The summed E-state index contributed by atoms with van der Waals surface area (Å²) in [6.45, 7) is 4.53. The summed E-state index contributed by atoms with van der Waals surface area (Å²) in [7, 11) is -4.04. The smallest absolute Gasteiger partial charge is 0.416 e. The van der Waals surface area contributed by atoms with Gasteiger partial charge in [0.25, 0.3) is 10.2 Å². The molecule has 0 saturated carbocycles. The van der Waals surface area contributed by atoms with E-state index in [4.69, 9.17) is 9.15 Å². The second kappa shape index (κ2) is 12.0. The van der Waals surface area contributed by atoms with Crippen LogP contribution in [0.3, 0.4) is 0 Å². The van der Waals surface area contributed by atoms with Gasteiger partial charge in [0, 0.05) is 18.7 Å². The van der Waals surface area contributed by atoms with Gasteiger partial charge in [-0.1, -0.05) is 26.0 Å². The average molecular weight is 556 g/mol. The van der Waals surface area contributed by atoms with E-state index in [0.29, 0.717) is 28.3 Å². The Labute approximate surface area is 218 Å². The van der Waals surface area contributed by atoms with Crippen LogP contribution in [-0.4, -0.2) is 41.9 Å². The van der Waals surface area contributed by atoms with Crippen LogP contribution in [0, 0.1) is 12.8 Å². The Bertz CT molecular complexity index is 1360. The highest BCUT2D eigenvalue weighted by Gasteiger charge is 2.30. The van der Waals surface area contributed by atoms with Crippen molar-refractivity contribution in [1.29, 1.82) is 0 Å². The number of ether oxygens (including phenoxy) is 1. The van der Waals surface area contributed by atoms with Gasteiger partial charge in [-0.3, -0.25) is 4.79 Å². The molecule has 0 bridgehead atoms. The number of carboxylic acids is 1. The molecule has 0 amide bonds. The fourth-order valence-electron chi connectivity index (χ4n) is 3.32. The molecule has 0 aliphatic rings. The minimum Gasteiger partial charge on any atom is -0.487 e. The van der Waals surface area contributed by atoms with Gasteiger partial charge in [-0.25, -0.2) is 9.71 Å². The molecular formula is C25H28F3N3O6S. The van der Waals surface area contributed by atoms with Crippen molar-refractivity contribution in [3.8, 4) is 17.2 Å². The van der Waals surface area contributed by atoms with Gasteiger partial charge >= 0.3 is 12.1 Å². The highest BCUT2D eigenvalue weighted by Crippen LogP contribution is 2.31. The van der Waals surface area contributed by atoms with E-state index in [1.807, 2.05) is 13.8 Å². The summed E-state index contributed by atoms with van der Waals surface area (Å²) in [5, 5.41) is 9.20. The summed E-state index contributed by atoms with van der Waals surface area (Å²) in [4.78, 5) is 15.6. The number of carbonyl (C=O) groups is 1. The summed E-state index contributed by atoms with van der Waals surface area (Å²) in [6.07, 6.45) is -4.45. The molecule has 206 valence electrons. The molecule has 0 spiro atoms. The number of hydrogen-bond acceptors (Lipinski definition) is 6. The molecule has 2 N–H and O–H groups in total. The van der Waals surface area contributed by atoms with E-state index < -0.39 is 34.5 Å². The maximum absolute atomic E-state index is 12.8. The van der Waals surface area contributed by atoms with E-state index in [1.165, 1.54) is 12.1 Å². The Balaban J connectivity index is 1.70. The van der Waals surface area contributed by atoms with Gasteiger partial charge in [0.1, 0.15) is 30.4 Å². The second-order valence-corrected chi connectivity index (χ2v) is 10.7. The minimum absolute atomic E-state index is 0.0213. The lowest BCUT2D eigenvalue weighted by Crippen LogP contribution is -2.44. The highest BCUT2D eigenvalue weighted by molar-refractivity contribution is 7.87. The van der Waals surface area contributed by atoms with E-state index in [2.05, 4.69) is 9.71 Å². The summed E-state index contributed by atoms with van der Waals surface area (Å²) >= 11 is 0. The Hall–Kier alpha value is -3.42. The van der Waals surface area contributed by atoms with Crippen LogP contribution in [0.15, 0.2) is 52.9 Å². The van der Waals surface area contributed by atoms with Crippen LogP contribution in [0.2, 0.25) is 0 Å². The normalized spacial score (nSPS) is 12.3. The fourth-order valence-corrected chi connectivity index (χ4v) is 4.64. The first-order valence-corrected chi connectivity index (χ1v) is 13.0. The van der Waals surface area contributed by atoms with Crippen LogP contribution in [0.4, 0.5) is 13.2 Å². The molecule has 38 heavy (non-hydrogen) atoms. The Morgan fingerprint density at radius 3 is 2.47 bits per heavy atom. The van der Waals surface area contributed by atoms with Crippen LogP contribution in [0.25, 0.3) is 11.5 Å². The first kappa shape index (κ1) is 29.1. The molecule has 3 rings (SSSR count). The van der Waals surface area contributed by atoms with Gasteiger partial charge in [0.2, 0.25) is 5.89 Å². The summed E-state index contributed by atoms with van der Waals surface area (Å²) in [5.74, 6) is -0.313. The maximum atomic E-state index is 12.8. The lowest BCUT2D eigenvalue weighted by Gasteiger charge is -2.21. The number of alkyl halides is 3. The molecule has 0 radical (unpaired) electrons. The number of nitrogens with zero attached hydrogens (tertiary/aromatic N) is 2. The van der Waals surface area contributed by atoms with Crippen LogP contribution >= 0.6 is 0 Å². The monoisotopic (exact) mass is 555 g/mol. The number of aryl methyl sites for hydroxylation is 1. The molecule has 13 heteroatoms. The minimum atomic E-state index is -4.45. The number of oxazole rings is 1. The molecule has 2 aromatic carbocycles. The molecule has 0 aliphatic heterocycles. The van der Waals surface area contributed by atoms with Crippen LogP contribution < -0.4 is 9.46 Å². The number of carboxylic acid groups (broad SMARTS) is 1. The number of halogens is 3. The zero-order valence-electron chi connectivity index (χ0n) is 20.9. The molecule has 0 unspecified atom stereocenters. The lowest BCUT2D eigenvalue weighted by atomic mass is 10.1. The Kier molecular flexibility index (Phi) is 9.18. The summed E-state index contributed by atoms with van der Waals surface area (Å²) in [5.41, 5.74) is 0.526. The average Bonchev–Trinajstić information content (AvgIpc) is 3.21. The maximum Gasteiger partial charge on any atom is 0.416 e. The summed E-state index contributed by atoms with van der Waals surface area (Å²) in [6, 6.07) is 10.9. The van der Waals surface area contributed by atoms with Crippen molar-refractivity contribution in [3.63, 3.8) is 0 Å². The first-order valence-electron chi connectivity index (χ1n) is 11.6. The van der Waals surface area contributed by atoms with Gasteiger partial charge in [-0.05, 0) is 54.8 Å². The van der Waals surface area contributed by atoms with E-state index in [9.17, 15) is 31.5 Å². The van der Waals surface area contributed by atoms with Gasteiger partial charge in [-0.2, -0.15) is 25.9 Å². The third-order valence-corrected chi connectivity index (χ3v) is 6.78. The number of rotatable bonds is 12. The number of hydrogen-bond donors (Lipinski definition) is 2. The van der Waals surface area contributed by atoms with Crippen molar-refractivity contribution in [2.45, 2.75) is 40.1 Å². The van der Waals surface area contributed by atoms with Crippen molar-refractivity contribution in [2.24, 2.45) is 5.92 Å². The van der Waals surface area contributed by atoms with E-state index in [0.717, 1.165) is 16.4 Å². The zero-order chi connectivity index (χ0) is 28.1. The van der Waals surface area contributed by atoms with Gasteiger partial charge < -0.3 is 14.3 Å². The molecule has 9 nitrogen and oxygen atoms in total. The predicted octanol–water partition coefficient (Wildman–Crippen LogP) is 4.62. The number of aliphatic carboxylic acids is 1. The Morgan fingerprint density at radius 2 is 1.87 bits per heavy atom. The predicted molar refractivity (Wildman–Crippen MR) is 132 cm³/mol. The van der Waals surface area contributed by atoms with E-state index >= 15 is 0 Å². The van der Waals surface area contributed by atoms with Gasteiger partial charge in [0.15, 0.2) is 0 Å². The van der Waals surface area contributed by atoms with Crippen LogP contribution in [0.5, 0.6) is 5.75 Å². The van der Waals surface area contributed by atoms with Crippen LogP contribution in [0.1, 0.15) is 36.4 Å². The van der Waals surface area contributed by atoms with E-state index in [1.54, 1.807) is 31.2 Å². The SMILES string of the molecule is Cc1oc(-c2ccc(C(F)(F)F)cc2)nc1COc1cccc(CN(CC(=O)O)S(=O)(=O)NCC(C)C)c1. The largest absolute Gasteiger partial charge is 0.487 e. The van der Waals surface area contributed by atoms with Crippen molar-refractivity contribution >= 4 is 16.2 Å². The van der Waals surface area contributed by atoms with Crippen molar-refractivity contribution in [2.75, 3.05) is 13.1 Å². The zero-order valence-corrected chi connectivity index (χ0v) is 21.8. The molecule has 1 heterocycles. The molecule has 0 saturated heterocycles. The molecular weight excluding hydrogens is 527 g/mol. The second-order valence-electron chi connectivity index (χ2n) is 8.94. The Morgan fingerprint density at radius 1 is 1.18 bits per heavy atom. The molecule has 0 aliphatic carbocycles. The molecule has 0 fully saturated rings. The van der Waals surface area contributed by atoms with Crippen molar-refractivity contribution in [1.82, 2.24) is 14.0 Å². The highest BCUT2D eigenvalue weighted by atomic mass is 32.2. The van der Waals surface area contributed by atoms with E-state index in [-0.39, 0.29) is 31.5 Å². The standard InChI is InChI=1S/C25H28F3N3O6S/c1-16(2)12-29-38(34,35)31(14-23(32)33)13-18-5-4-6-21(11-18)36-15-22-17(3)37-24(30-22)19-7-9-20(10-8-19)25(26,27)28/h4-11,16,29H,12-15H2,1-3H3,(H,32,33). The van der Waals surface area contributed by atoms with Crippen molar-refractivity contribution < 1.29 is 40.6 Å². The lowest BCUT2D eigenvalue weighted by molar-refractivity contribution is -0.138. The molecule has 3 aromatic rings. The third kappa shape index (κ3) is 8.04. The van der Waals surface area contributed by atoms with Gasteiger partial charge in [0.05, 0.1) is 5.56 Å².